The van der Waals surface area contributed by atoms with E-state index in [0.29, 0.717) is 53.0 Å². The molecule has 1 heterocycles. The molecule has 1 aliphatic rings. The largest absolute Gasteiger partial charge is 0.506 e. The average Bonchev–Trinajstić information content (AvgIpc) is 2.84. The van der Waals surface area contributed by atoms with E-state index in [1.807, 2.05) is 30.3 Å². The van der Waals surface area contributed by atoms with Gasteiger partial charge in [-0.2, -0.15) is 0 Å². The normalized spacial score (nSPS) is 15.4. The highest BCUT2D eigenvalue weighted by Crippen LogP contribution is 2.42. The summed E-state index contributed by atoms with van der Waals surface area (Å²) in [4.78, 5) is 23.5. The highest BCUT2D eigenvalue weighted by Gasteiger charge is 2.27. The van der Waals surface area contributed by atoms with Crippen LogP contribution >= 0.6 is 11.6 Å². The minimum Gasteiger partial charge on any atom is -0.493 e. The molecule has 0 aliphatic carbocycles. The van der Waals surface area contributed by atoms with Crippen LogP contribution in [0.3, 0.4) is 0 Å². The summed E-state index contributed by atoms with van der Waals surface area (Å²) in [7, 11) is 0. The maximum atomic E-state index is 12.5. The molecule has 34 heavy (non-hydrogen) atoms. The first-order valence-corrected chi connectivity index (χ1v) is 11.3. The number of hydrogen-bond acceptors (Lipinski definition) is 5. The van der Waals surface area contributed by atoms with Crippen molar-refractivity contribution in [2.75, 3.05) is 13.2 Å². The molecule has 0 spiro atoms. The van der Waals surface area contributed by atoms with Crippen LogP contribution in [0.15, 0.2) is 66.7 Å². The van der Waals surface area contributed by atoms with Crippen LogP contribution in [0.5, 0.6) is 17.2 Å². The molecule has 1 unspecified atom stereocenters. The monoisotopic (exact) mass is 481 g/mol. The van der Waals surface area contributed by atoms with Gasteiger partial charge in [0.15, 0.2) is 0 Å². The third kappa shape index (κ3) is 5.61. The number of fused-ring (bicyclic) bond motifs is 1. The van der Waals surface area contributed by atoms with Crippen LogP contribution in [0.25, 0.3) is 0 Å². The number of carbonyl (C=O) groups is 2. The van der Waals surface area contributed by atoms with E-state index in [-0.39, 0.29) is 11.8 Å². The Morgan fingerprint density at radius 3 is 2.59 bits per heavy atom. The Morgan fingerprint density at radius 2 is 1.88 bits per heavy atom. The maximum Gasteiger partial charge on any atom is 0.506 e. The highest BCUT2D eigenvalue weighted by atomic mass is 35.5. The van der Waals surface area contributed by atoms with Gasteiger partial charge in [0, 0.05) is 30.2 Å². The fourth-order valence-electron chi connectivity index (χ4n) is 3.73. The fraction of sp³-hybridized carbons (Fsp3) is 0.231. The van der Waals surface area contributed by atoms with Crippen LogP contribution in [-0.2, 0) is 4.74 Å². The molecule has 3 aromatic rings. The van der Waals surface area contributed by atoms with Crippen molar-refractivity contribution >= 4 is 23.7 Å². The smallest absolute Gasteiger partial charge is 0.493 e. The Hall–Kier alpha value is -3.71. The number of nitrogens with one attached hydrogen (secondary N) is 1. The summed E-state index contributed by atoms with van der Waals surface area (Å²) in [5, 5.41) is 12.2. The first-order valence-electron chi connectivity index (χ1n) is 10.9. The van der Waals surface area contributed by atoms with Crippen LogP contribution in [0.4, 0.5) is 4.79 Å². The number of halogens is 1. The van der Waals surface area contributed by atoms with Gasteiger partial charge in [-0.3, -0.25) is 4.79 Å². The quantitative estimate of drug-likeness (QED) is 0.391. The van der Waals surface area contributed by atoms with E-state index in [1.165, 1.54) is 5.56 Å². The molecule has 2 atom stereocenters. The SMILES string of the molecule is C[C@H](CNC(=O)c1ccc(Oc2cc3c(cc2Cl)C(OC(=O)O)CCO3)cc1)c1ccccc1. The molecule has 0 bridgehead atoms. The number of rotatable bonds is 7. The average molecular weight is 482 g/mol. The lowest BCUT2D eigenvalue weighted by Crippen LogP contribution is -2.27. The number of carbonyl (C=O) groups excluding carboxylic acids is 1. The lowest BCUT2D eigenvalue weighted by atomic mass is 10.0. The molecule has 2 N–H and O–H groups in total. The van der Waals surface area contributed by atoms with Crippen molar-refractivity contribution in [3.05, 3.63) is 88.4 Å². The molecule has 1 aliphatic heterocycles. The van der Waals surface area contributed by atoms with Gasteiger partial charge in [0.05, 0.1) is 11.6 Å². The van der Waals surface area contributed by atoms with Crippen molar-refractivity contribution in [2.45, 2.75) is 25.4 Å². The first kappa shape index (κ1) is 23.4. The molecule has 4 rings (SSSR count). The predicted molar refractivity (Wildman–Crippen MR) is 127 cm³/mol. The van der Waals surface area contributed by atoms with Crippen LogP contribution in [0.1, 0.15) is 46.9 Å². The zero-order valence-electron chi connectivity index (χ0n) is 18.5. The molecule has 0 fully saturated rings. The van der Waals surface area contributed by atoms with Crippen molar-refractivity contribution < 1.29 is 28.9 Å². The minimum atomic E-state index is -1.35. The van der Waals surface area contributed by atoms with Crippen LogP contribution in [-0.4, -0.2) is 30.3 Å². The van der Waals surface area contributed by atoms with Crippen molar-refractivity contribution in [2.24, 2.45) is 0 Å². The van der Waals surface area contributed by atoms with Crippen molar-refractivity contribution in [1.29, 1.82) is 0 Å². The van der Waals surface area contributed by atoms with Gasteiger partial charge in [-0.1, -0.05) is 48.9 Å². The second kappa shape index (κ2) is 10.5. The lowest BCUT2D eigenvalue weighted by Gasteiger charge is -2.25. The maximum absolute atomic E-state index is 12.5. The lowest BCUT2D eigenvalue weighted by molar-refractivity contribution is 0.0326. The van der Waals surface area contributed by atoms with Gasteiger partial charge in [0.2, 0.25) is 0 Å². The van der Waals surface area contributed by atoms with Crippen LogP contribution < -0.4 is 14.8 Å². The number of hydrogen-bond donors (Lipinski definition) is 2. The molecule has 0 aromatic heterocycles. The summed E-state index contributed by atoms with van der Waals surface area (Å²) < 4.78 is 16.4. The predicted octanol–water partition coefficient (Wildman–Crippen LogP) is 6.18. The molecule has 0 saturated carbocycles. The molecular formula is C26H24ClNO6. The topological polar surface area (TPSA) is 94.1 Å². The second-order valence-electron chi connectivity index (χ2n) is 7.98. The Morgan fingerprint density at radius 1 is 1.15 bits per heavy atom. The molecule has 3 aromatic carbocycles. The third-order valence-corrected chi connectivity index (χ3v) is 5.87. The van der Waals surface area contributed by atoms with Crippen LogP contribution in [0.2, 0.25) is 5.02 Å². The van der Waals surface area contributed by atoms with E-state index in [2.05, 4.69) is 12.2 Å². The van der Waals surface area contributed by atoms with E-state index >= 15 is 0 Å². The summed E-state index contributed by atoms with van der Waals surface area (Å²) in [6.45, 7) is 2.91. The summed E-state index contributed by atoms with van der Waals surface area (Å²) in [6, 6.07) is 19.9. The van der Waals surface area contributed by atoms with Gasteiger partial charge >= 0.3 is 6.16 Å². The zero-order chi connectivity index (χ0) is 24.1. The Labute approximate surface area is 202 Å². The van der Waals surface area contributed by atoms with Gasteiger partial charge in [-0.05, 0) is 41.8 Å². The third-order valence-electron chi connectivity index (χ3n) is 5.57. The van der Waals surface area contributed by atoms with Gasteiger partial charge in [0.25, 0.3) is 5.91 Å². The molecule has 176 valence electrons. The van der Waals surface area contributed by atoms with Gasteiger partial charge in [-0.25, -0.2) is 4.79 Å². The summed E-state index contributed by atoms with van der Waals surface area (Å²) in [5.74, 6) is 1.33. The van der Waals surface area contributed by atoms with Crippen molar-refractivity contribution in [1.82, 2.24) is 5.32 Å². The zero-order valence-corrected chi connectivity index (χ0v) is 19.2. The van der Waals surface area contributed by atoms with Gasteiger partial charge < -0.3 is 24.6 Å². The Kier molecular flexibility index (Phi) is 7.23. The van der Waals surface area contributed by atoms with E-state index in [0.717, 1.165) is 0 Å². The fourth-order valence-corrected chi connectivity index (χ4v) is 3.94. The number of carboxylic acid groups (broad SMARTS) is 1. The molecule has 0 saturated heterocycles. The first-order chi connectivity index (χ1) is 16.4. The van der Waals surface area contributed by atoms with E-state index in [1.54, 1.807) is 36.4 Å². The van der Waals surface area contributed by atoms with Gasteiger partial charge in [0.1, 0.15) is 23.4 Å². The minimum absolute atomic E-state index is 0.168. The molecule has 8 heteroatoms. The second-order valence-corrected chi connectivity index (χ2v) is 8.39. The van der Waals surface area contributed by atoms with Crippen LogP contribution in [0, 0.1) is 0 Å². The van der Waals surface area contributed by atoms with E-state index in [9.17, 15) is 9.59 Å². The summed E-state index contributed by atoms with van der Waals surface area (Å²) in [6.07, 6.45) is -1.59. The van der Waals surface area contributed by atoms with Gasteiger partial charge in [-0.15, -0.1) is 0 Å². The van der Waals surface area contributed by atoms with E-state index in [4.69, 9.17) is 30.9 Å². The number of benzene rings is 3. The number of amides is 1. The molecule has 1 amide bonds. The molecule has 0 radical (unpaired) electrons. The Balaban J connectivity index is 1.40. The Bertz CT molecular complexity index is 1170. The summed E-state index contributed by atoms with van der Waals surface area (Å²) >= 11 is 6.37. The highest BCUT2D eigenvalue weighted by molar-refractivity contribution is 6.32. The molecule has 7 nitrogen and oxygen atoms in total. The standard InChI is InChI=1S/C26H24ClNO6/c1-16(17-5-3-2-4-6-17)15-28-25(29)18-7-9-19(10-8-18)33-24-14-23-20(13-21(24)27)22(11-12-32-23)34-26(30)31/h2-10,13-14,16,22H,11-12,15H2,1H3,(H,28,29)(H,30,31)/t16-,22?/m1/s1. The van der Waals surface area contributed by atoms with Crippen molar-refractivity contribution in [3.8, 4) is 17.2 Å². The van der Waals surface area contributed by atoms with Crippen molar-refractivity contribution in [3.63, 3.8) is 0 Å². The molecular weight excluding hydrogens is 458 g/mol. The number of ether oxygens (including phenoxy) is 3. The van der Waals surface area contributed by atoms with E-state index < -0.39 is 12.3 Å². The summed E-state index contributed by atoms with van der Waals surface area (Å²) in [5.41, 5.74) is 2.24.